The standard InChI is InChI=1S/C9H14N4O3/c1-9(2,8(10)12-15)5-11-7(14)6-3-4-16-13-6/h3-4,15H,5H2,1-2H3,(H2,10,12)(H,11,14). The Labute approximate surface area is 92.3 Å². The Bertz CT molecular complexity index is 383. The van der Waals surface area contributed by atoms with Crippen molar-refractivity contribution in [3.05, 3.63) is 18.0 Å². The van der Waals surface area contributed by atoms with Crippen LogP contribution in [0.15, 0.2) is 22.0 Å². The van der Waals surface area contributed by atoms with Gasteiger partial charge in [-0.1, -0.05) is 24.2 Å². The van der Waals surface area contributed by atoms with Gasteiger partial charge in [0, 0.05) is 18.0 Å². The van der Waals surface area contributed by atoms with Gasteiger partial charge in [0.1, 0.15) is 12.1 Å². The first-order valence-corrected chi connectivity index (χ1v) is 4.64. The molecule has 7 heteroatoms. The van der Waals surface area contributed by atoms with E-state index in [-0.39, 0.29) is 24.0 Å². The first kappa shape index (κ1) is 12.0. The first-order valence-electron chi connectivity index (χ1n) is 4.64. The highest BCUT2D eigenvalue weighted by atomic mass is 16.5. The molecule has 0 unspecified atom stereocenters. The predicted octanol–water partition coefficient (Wildman–Crippen LogP) is 0.177. The lowest BCUT2D eigenvalue weighted by molar-refractivity contribution is 0.0935. The average Bonchev–Trinajstić information content (AvgIpc) is 2.78. The number of carbonyl (C=O) groups excluding carboxylic acids is 1. The summed E-state index contributed by atoms with van der Waals surface area (Å²) in [5.74, 6) is -0.319. The van der Waals surface area contributed by atoms with Crippen molar-refractivity contribution >= 4 is 11.7 Å². The van der Waals surface area contributed by atoms with Crippen LogP contribution in [0.1, 0.15) is 24.3 Å². The van der Waals surface area contributed by atoms with E-state index in [0.29, 0.717) is 0 Å². The molecule has 0 bridgehead atoms. The minimum Gasteiger partial charge on any atom is -0.409 e. The number of hydrogen-bond acceptors (Lipinski definition) is 5. The molecule has 16 heavy (non-hydrogen) atoms. The summed E-state index contributed by atoms with van der Waals surface area (Å²) in [6.07, 6.45) is 1.31. The topological polar surface area (TPSA) is 114 Å². The number of rotatable bonds is 4. The summed E-state index contributed by atoms with van der Waals surface area (Å²) in [5.41, 5.74) is 5.03. The number of hydrogen-bond donors (Lipinski definition) is 3. The van der Waals surface area contributed by atoms with Crippen LogP contribution in [0.4, 0.5) is 0 Å². The van der Waals surface area contributed by atoms with Crippen molar-refractivity contribution in [2.24, 2.45) is 16.3 Å². The van der Waals surface area contributed by atoms with Crippen LogP contribution in [-0.2, 0) is 0 Å². The van der Waals surface area contributed by atoms with E-state index in [2.05, 4.69) is 20.2 Å². The molecule has 1 aromatic rings. The maximum Gasteiger partial charge on any atom is 0.273 e. The monoisotopic (exact) mass is 226 g/mol. The minimum atomic E-state index is -0.631. The Morgan fingerprint density at radius 2 is 2.44 bits per heavy atom. The third-order valence-electron chi connectivity index (χ3n) is 2.16. The number of nitrogens with zero attached hydrogens (tertiary/aromatic N) is 2. The third kappa shape index (κ3) is 2.72. The van der Waals surface area contributed by atoms with E-state index in [1.54, 1.807) is 13.8 Å². The fraction of sp³-hybridized carbons (Fsp3) is 0.444. The summed E-state index contributed by atoms with van der Waals surface area (Å²) < 4.78 is 4.54. The van der Waals surface area contributed by atoms with Crippen molar-refractivity contribution in [2.45, 2.75) is 13.8 Å². The number of nitrogens with two attached hydrogens (primary N) is 1. The van der Waals surface area contributed by atoms with Gasteiger partial charge in [-0.25, -0.2) is 0 Å². The summed E-state index contributed by atoms with van der Waals surface area (Å²) in [4.78, 5) is 11.5. The molecule has 0 atom stereocenters. The van der Waals surface area contributed by atoms with Crippen LogP contribution >= 0.6 is 0 Å². The lowest BCUT2D eigenvalue weighted by Gasteiger charge is -2.22. The number of nitrogens with one attached hydrogen (secondary N) is 1. The minimum absolute atomic E-state index is 0.0490. The van der Waals surface area contributed by atoms with Crippen molar-refractivity contribution in [1.82, 2.24) is 10.5 Å². The molecule has 4 N–H and O–H groups in total. The van der Waals surface area contributed by atoms with E-state index in [0.717, 1.165) is 0 Å². The van der Waals surface area contributed by atoms with Crippen LogP contribution in [0.5, 0.6) is 0 Å². The van der Waals surface area contributed by atoms with E-state index in [4.69, 9.17) is 10.9 Å². The predicted molar refractivity (Wildman–Crippen MR) is 56.0 cm³/mol. The second kappa shape index (κ2) is 4.65. The summed E-state index contributed by atoms with van der Waals surface area (Å²) in [5, 5.41) is 17.5. The van der Waals surface area contributed by atoms with Gasteiger partial charge < -0.3 is 20.8 Å². The van der Waals surface area contributed by atoms with E-state index >= 15 is 0 Å². The lowest BCUT2D eigenvalue weighted by Crippen LogP contribution is -2.42. The average molecular weight is 226 g/mol. The van der Waals surface area contributed by atoms with Crippen LogP contribution in [-0.4, -0.2) is 28.7 Å². The molecular formula is C9H14N4O3. The van der Waals surface area contributed by atoms with Crippen LogP contribution < -0.4 is 11.1 Å². The SMILES string of the molecule is CC(C)(CNC(=O)c1ccon1)/C(N)=N/O. The second-order valence-corrected chi connectivity index (χ2v) is 3.94. The van der Waals surface area contributed by atoms with Gasteiger partial charge in [0.05, 0.1) is 0 Å². The highest BCUT2D eigenvalue weighted by molar-refractivity contribution is 5.93. The lowest BCUT2D eigenvalue weighted by atomic mass is 9.92. The van der Waals surface area contributed by atoms with Gasteiger partial charge in [-0.05, 0) is 0 Å². The highest BCUT2D eigenvalue weighted by Crippen LogP contribution is 2.13. The molecule has 0 saturated carbocycles. The maximum absolute atomic E-state index is 11.5. The largest absolute Gasteiger partial charge is 0.409 e. The van der Waals surface area contributed by atoms with Crippen molar-refractivity contribution in [1.29, 1.82) is 0 Å². The molecule has 1 aromatic heterocycles. The Kier molecular flexibility index (Phi) is 3.49. The van der Waals surface area contributed by atoms with E-state index in [1.807, 2.05) is 0 Å². The van der Waals surface area contributed by atoms with Crippen LogP contribution in [0.3, 0.4) is 0 Å². The Morgan fingerprint density at radius 1 is 1.75 bits per heavy atom. The number of amidine groups is 1. The maximum atomic E-state index is 11.5. The normalized spacial score (nSPS) is 12.5. The third-order valence-corrected chi connectivity index (χ3v) is 2.16. The van der Waals surface area contributed by atoms with Gasteiger partial charge in [0.2, 0.25) is 0 Å². The molecular weight excluding hydrogens is 212 g/mol. The second-order valence-electron chi connectivity index (χ2n) is 3.94. The van der Waals surface area contributed by atoms with Crippen LogP contribution in [0.2, 0.25) is 0 Å². The number of oxime groups is 1. The summed E-state index contributed by atoms with van der Waals surface area (Å²) in [7, 11) is 0. The number of carbonyl (C=O) groups is 1. The molecule has 0 radical (unpaired) electrons. The van der Waals surface area contributed by atoms with Gasteiger partial charge in [0.15, 0.2) is 5.69 Å². The molecule has 0 aliphatic rings. The molecule has 0 aromatic carbocycles. The molecule has 88 valence electrons. The quantitative estimate of drug-likeness (QED) is 0.293. The zero-order valence-corrected chi connectivity index (χ0v) is 9.10. The van der Waals surface area contributed by atoms with Gasteiger partial charge >= 0.3 is 0 Å². The fourth-order valence-electron chi connectivity index (χ4n) is 0.947. The molecule has 7 nitrogen and oxygen atoms in total. The summed E-state index contributed by atoms with van der Waals surface area (Å²) in [6, 6.07) is 1.45. The van der Waals surface area contributed by atoms with Gasteiger partial charge in [-0.15, -0.1) is 0 Å². The van der Waals surface area contributed by atoms with Gasteiger partial charge in [0.25, 0.3) is 5.91 Å². The summed E-state index contributed by atoms with van der Waals surface area (Å²) >= 11 is 0. The molecule has 0 aliphatic heterocycles. The van der Waals surface area contributed by atoms with E-state index < -0.39 is 5.41 Å². The Hall–Kier alpha value is -2.05. The van der Waals surface area contributed by atoms with Crippen molar-refractivity contribution in [2.75, 3.05) is 6.54 Å². The highest BCUT2D eigenvalue weighted by Gasteiger charge is 2.24. The molecule has 1 rings (SSSR count). The van der Waals surface area contributed by atoms with Crippen molar-refractivity contribution in [3.8, 4) is 0 Å². The molecule has 0 aliphatic carbocycles. The van der Waals surface area contributed by atoms with Gasteiger partial charge in [-0.2, -0.15) is 0 Å². The summed E-state index contributed by atoms with van der Waals surface area (Å²) in [6.45, 7) is 3.71. The Balaban J connectivity index is 2.55. The van der Waals surface area contributed by atoms with Crippen LogP contribution in [0.25, 0.3) is 0 Å². The first-order chi connectivity index (χ1) is 7.47. The van der Waals surface area contributed by atoms with E-state index in [9.17, 15) is 4.79 Å². The van der Waals surface area contributed by atoms with E-state index in [1.165, 1.54) is 12.3 Å². The van der Waals surface area contributed by atoms with Gasteiger partial charge in [-0.3, -0.25) is 4.79 Å². The molecule has 1 amide bonds. The molecule has 0 saturated heterocycles. The smallest absolute Gasteiger partial charge is 0.273 e. The molecule has 1 heterocycles. The Morgan fingerprint density at radius 3 is 2.94 bits per heavy atom. The van der Waals surface area contributed by atoms with Crippen molar-refractivity contribution < 1.29 is 14.5 Å². The fourth-order valence-corrected chi connectivity index (χ4v) is 0.947. The molecule has 0 spiro atoms. The molecule has 0 fully saturated rings. The number of aromatic nitrogens is 1. The zero-order valence-electron chi connectivity index (χ0n) is 9.10. The van der Waals surface area contributed by atoms with Crippen LogP contribution in [0, 0.1) is 5.41 Å². The number of amides is 1. The zero-order chi connectivity index (χ0) is 12.2. The van der Waals surface area contributed by atoms with Crippen molar-refractivity contribution in [3.63, 3.8) is 0 Å².